The van der Waals surface area contributed by atoms with Gasteiger partial charge in [-0.25, -0.2) is 4.79 Å². The Morgan fingerprint density at radius 2 is 2.12 bits per heavy atom. The maximum absolute atomic E-state index is 12.2. The van der Waals surface area contributed by atoms with Crippen LogP contribution in [-0.4, -0.2) is 48.9 Å². The molecule has 0 N–H and O–H groups in total. The van der Waals surface area contributed by atoms with Crippen molar-refractivity contribution in [2.45, 2.75) is 26.7 Å². The van der Waals surface area contributed by atoms with E-state index in [9.17, 15) is 14.4 Å². The van der Waals surface area contributed by atoms with Gasteiger partial charge in [-0.2, -0.15) is 0 Å². The van der Waals surface area contributed by atoms with Gasteiger partial charge in [-0.15, -0.1) is 0 Å². The van der Waals surface area contributed by atoms with E-state index >= 15 is 0 Å². The van der Waals surface area contributed by atoms with Crippen LogP contribution in [-0.2, 0) is 14.3 Å². The molecule has 0 bridgehead atoms. The number of amides is 2. The average molecular weight is 344 g/mol. The second-order valence-corrected chi connectivity index (χ2v) is 6.14. The van der Waals surface area contributed by atoms with Gasteiger partial charge in [0, 0.05) is 31.7 Å². The molecule has 0 unspecified atom stereocenters. The fraction of sp³-hybridized carbons (Fsp3) is 0.421. The summed E-state index contributed by atoms with van der Waals surface area (Å²) < 4.78 is 5.14. The molecular weight excluding hydrogens is 320 g/mol. The predicted octanol–water partition coefficient (Wildman–Crippen LogP) is 2.39. The zero-order valence-electron chi connectivity index (χ0n) is 14.8. The van der Waals surface area contributed by atoms with E-state index in [-0.39, 0.29) is 18.4 Å². The quantitative estimate of drug-likeness (QED) is 0.563. The maximum Gasteiger partial charge on any atom is 0.338 e. The minimum Gasteiger partial charge on any atom is -0.452 e. The molecule has 2 amide bonds. The van der Waals surface area contributed by atoms with Crippen molar-refractivity contribution in [2.24, 2.45) is 0 Å². The second kappa shape index (κ2) is 8.46. The minimum atomic E-state index is -0.576. The number of carbonyl (C=O) groups is 3. The van der Waals surface area contributed by atoms with Crippen LogP contribution in [0.25, 0.3) is 0 Å². The van der Waals surface area contributed by atoms with E-state index in [1.807, 2.05) is 13.8 Å². The lowest BCUT2D eigenvalue weighted by Gasteiger charge is -2.20. The summed E-state index contributed by atoms with van der Waals surface area (Å²) in [7, 11) is 0. The summed E-state index contributed by atoms with van der Waals surface area (Å²) in [5.41, 5.74) is 1.87. The molecule has 134 valence electrons. The molecule has 1 aliphatic heterocycles. The Morgan fingerprint density at radius 3 is 2.72 bits per heavy atom. The number of anilines is 1. The molecule has 6 heteroatoms. The molecular formula is C19H24N2O4. The number of hydrogen-bond donors (Lipinski definition) is 0. The molecule has 25 heavy (non-hydrogen) atoms. The van der Waals surface area contributed by atoms with Gasteiger partial charge in [0.1, 0.15) is 0 Å². The highest BCUT2D eigenvalue weighted by Crippen LogP contribution is 2.22. The van der Waals surface area contributed by atoms with E-state index in [1.165, 1.54) is 0 Å². The number of nitrogens with zero attached hydrogens (tertiary/aromatic N) is 2. The molecule has 0 atom stereocenters. The molecule has 0 saturated carbocycles. The normalized spacial score (nSPS) is 13.7. The van der Waals surface area contributed by atoms with Crippen molar-refractivity contribution < 1.29 is 19.1 Å². The van der Waals surface area contributed by atoms with Gasteiger partial charge in [-0.05, 0) is 38.5 Å². The van der Waals surface area contributed by atoms with Crippen molar-refractivity contribution in [1.29, 1.82) is 0 Å². The first-order chi connectivity index (χ1) is 11.9. The maximum atomic E-state index is 12.2. The molecule has 1 saturated heterocycles. The summed E-state index contributed by atoms with van der Waals surface area (Å²) in [4.78, 5) is 39.4. The van der Waals surface area contributed by atoms with Gasteiger partial charge in [0.05, 0.1) is 5.56 Å². The standard InChI is InChI=1S/C19H24N2O4/c1-4-20(12-14(2)3)18(23)13-25-19(24)15-7-5-8-16(11-15)21-10-6-9-17(21)22/h5,7-8,11H,2,4,6,9-10,12-13H2,1,3H3. The lowest BCUT2D eigenvalue weighted by Crippen LogP contribution is -2.35. The van der Waals surface area contributed by atoms with E-state index in [4.69, 9.17) is 4.74 Å². The van der Waals surface area contributed by atoms with Crippen LogP contribution in [0, 0.1) is 0 Å². The summed E-state index contributed by atoms with van der Waals surface area (Å²) in [5, 5.41) is 0. The smallest absolute Gasteiger partial charge is 0.338 e. The van der Waals surface area contributed by atoms with Crippen molar-refractivity contribution in [3.63, 3.8) is 0 Å². The summed E-state index contributed by atoms with van der Waals surface area (Å²) >= 11 is 0. The molecule has 1 aromatic rings. The van der Waals surface area contributed by atoms with E-state index in [2.05, 4.69) is 6.58 Å². The molecule has 0 spiro atoms. The van der Waals surface area contributed by atoms with E-state index in [1.54, 1.807) is 34.1 Å². The van der Waals surface area contributed by atoms with Crippen LogP contribution >= 0.6 is 0 Å². The fourth-order valence-corrected chi connectivity index (χ4v) is 2.73. The predicted molar refractivity (Wildman–Crippen MR) is 95.4 cm³/mol. The van der Waals surface area contributed by atoms with Crippen molar-refractivity contribution in [2.75, 3.05) is 31.1 Å². The molecule has 2 rings (SSSR count). The molecule has 0 aliphatic carbocycles. The summed E-state index contributed by atoms with van der Waals surface area (Å²) in [6.45, 7) is 8.80. The van der Waals surface area contributed by atoms with Crippen LogP contribution in [0.4, 0.5) is 5.69 Å². The van der Waals surface area contributed by atoms with Gasteiger partial charge in [-0.1, -0.05) is 18.2 Å². The molecule has 1 heterocycles. The number of likely N-dealkylation sites (N-methyl/N-ethyl adjacent to an activating group) is 1. The van der Waals surface area contributed by atoms with Crippen LogP contribution in [0.1, 0.15) is 37.0 Å². The Kier molecular flexibility index (Phi) is 6.33. The summed E-state index contributed by atoms with van der Waals surface area (Å²) in [6.07, 6.45) is 1.34. The SMILES string of the molecule is C=C(C)CN(CC)C(=O)COC(=O)c1cccc(N2CCCC2=O)c1. The Labute approximate surface area is 148 Å². The Hall–Kier alpha value is -2.63. The van der Waals surface area contributed by atoms with Crippen molar-refractivity contribution in [3.8, 4) is 0 Å². The highest BCUT2D eigenvalue weighted by Gasteiger charge is 2.22. The minimum absolute atomic E-state index is 0.0547. The molecule has 0 radical (unpaired) electrons. The van der Waals surface area contributed by atoms with E-state index in [0.29, 0.717) is 37.3 Å². The van der Waals surface area contributed by atoms with Crippen LogP contribution in [0.3, 0.4) is 0 Å². The first-order valence-corrected chi connectivity index (χ1v) is 8.42. The third kappa shape index (κ3) is 4.92. The average Bonchev–Trinajstić information content (AvgIpc) is 3.03. The zero-order valence-corrected chi connectivity index (χ0v) is 14.8. The second-order valence-electron chi connectivity index (χ2n) is 6.14. The van der Waals surface area contributed by atoms with E-state index in [0.717, 1.165) is 12.0 Å². The Bertz CT molecular complexity index is 684. The largest absolute Gasteiger partial charge is 0.452 e. The molecule has 1 aliphatic rings. The lowest BCUT2D eigenvalue weighted by atomic mass is 10.2. The van der Waals surface area contributed by atoms with Crippen molar-refractivity contribution in [3.05, 3.63) is 42.0 Å². The van der Waals surface area contributed by atoms with Gasteiger partial charge in [-0.3, -0.25) is 9.59 Å². The number of rotatable bonds is 7. The third-order valence-corrected chi connectivity index (χ3v) is 3.99. The first kappa shape index (κ1) is 18.7. The van der Waals surface area contributed by atoms with Gasteiger partial charge in [0.25, 0.3) is 5.91 Å². The van der Waals surface area contributed by atoms with Gasteiger partial charge in [0.15, 0.2) is 6.61 Å². The first-order valence-electron chi connectivity index (χ1n) is 8.42. The number of hydrogen-bond acceptors (Lipinski definition) is 4. The third-order valence-electron chi connectivity index (χ3n) is 3.99. The van der Waals surface area contributed by atoms with Crippen LogP contribution in [0.2, 0.25) is 0 Å². The van der Waals surface area contributed by atoms with Crippen molar-refractivity contribution >= 4 is 23.5 Å². The molecule has 0 aromatic heterocycles. The zero-order chi connectivity index (χ0) is 18.4. The number of benzene rings is 1. The van der Waals surface area contributed by atoms with Gasteiger partial charge >= 0.3 is 5.97 Å². The lowest BCUT2D eigenvalue weighted by molar-refractivity contribution is -0.133. The summed E-state index contributed by atoms with van der Waals surface area (Å²) in [6, 6.07) is 6.74. The highest BCUT2D eigenvalue weighted by atomic mass is 16.5. The number of esters is 1. The van der Waals surface area contributed by atoms with Gasteiger partial charge < -0.3 is 14.5 Å². The highest BCUT2D eigenvalue weighted by molar-refractivity contribution is 5.97. The number of carbonyl (C=O) groups excluding carboxylic acids is 3. The number of ether oxygens (including phenoxy) is 1. The molecule has 1 fully saturated rings. The monoisotopic (exact) mass is 344 g/mol. The molecule has 6 nitrogen and oxygen atoms in total. The van der Waals surface area contributed by atoms with Crippen LogP contribution < -0.4 is 4.90 Å². The fourth-order valence-electron chi connectivity index (χ4n) is 2.73. The van der Waals surface area contributed by atoms with Crippen molar-refractivity contribution in [1.82, 2.24) is 4.90 Å². The van der Waals surface area contributed by atoms with E-state index < -0.39 is 5.97 Å². The molecule has 1 aromatic carbocycles. The topological polar surface area (TPSA) is 66.9 Å². The Balaban J connectivity index is 1.98. The van der Waals surface area contributed by atoms with Crippen LogP contribution in [0.5, 0.6) is 0 Å². The van der Waals surface area contributed by atoms with Crippen LogP contribution in [0.15, 0.2) is 36.4 Å². The van der Waals surface area contributed by atoms with Gasteiger partial charge in [0.2, 0.25) is 5.91 Å². The Morgan fingerprint density at radius 1 is 1.36 bits per heavy atom. The summed E-state index contributed by atoms with van der Waals surface area (Å²) in [5.74, 6) is -0.781.